The van der Waals surface area contributed by atoms with Crippen LogP contribution in [0.1, 0.15) is 12.6 Å². The van der Waals surface area contributed by atoms with Gasteiger partial charge in [0.1, 0.15) is 0 Å². The van der Waals surface area contributed by atoms with Gasteiger partial charge in [-0.1, -0.05) is 31.2 Å². The largest absolute Gasteiger partial charge is 0.330 e. The second-order valence-corrected chi connectivity index (χ2v) is 4.04. The Labute approximate surface area is 90.1 Å². The quantitative estimate of drug-likeness (QED) is 0.826. The molecule has 0 unspecified atom stereocenters. The van der Waals surface area contributed by atoms with Gasteiger partial charge in [0, 0.05) is 11.1 Å². The van der Waals surface area contributed by atoms with Crippen molar-refractivity contribution in [2.45, 2.75) is 13.3 Å². The minimum Gasteiger partial charge on any atom is -0.330 e. The number of rotatable bonds is 3. The summed E-state index contributed by atoms with van der Waals surface area (Å²) in [6.45, 7) is 2.87. The molecule has 78 valence electrons. The third-order valence-electron chi connectivity index (χ3n) is 2.62. The molecule has 0 aliphatic rings. The number of benzene rings is 1. The van der Waals surface area contributed by atoms with Gasteiger partial charge in [-0.3, -0.25) is 4.98 Å². The number of aromatic nitrogens is 1. The van der Waals surface area contributed by atoms with Crippen molar-refractivity contribution in [3.63, 3.8) is 0 Å². The molecule has 2 N–H and O–H groups in total. The average Bonchev–Trinajstić information content (AvgIpc) is 2.29. The molecule has 1 heterocycles. The van der Waals surface area contributed by atoms with Crippen LogP contribution in [0.25, 0.3) is 10.9 Å². The fourth-order valence-electron chi connectivity index (χ4n) is 1.66. The summed E-state index contributed by atoms with van der Waals surface area (Å²) in [5.41, 5.74) is 7.80. The highest BCUT2D eigenvalue weighted by Gasteiger charge is 2.03. The van der Waals surface area contributed by atoms with Crippen molar-refractivity contribution in [2.24, 2.45) is 11.7 Å². The molecule has 2 rings (SSSR count). The Morgan fingerprint density at radius 1 is 1.20 bits per heavy atom. The molecule has 1 aromatic heterocycles. The third kappa shape index (κ3) is 2.34. The number of para-hydroxylation sites is 1. The lowest BCUT2D eigenvalue weighted by atomic mass is 10.0. The van der Waals surface area contributed by atoms with Crippen molar-refractivity contribution in [3.05, 3.63) is 42.1 Å². The van der Waals surface area contributed by atoms with E-state index in [-0.39, 0.29) is 0 Å². The molecule has 2 aromatic rings. The van der Waals surface area contributed by atoms with Gasteiger partial charge in [-0.05, 0) is 31.0 Å². The third-order valence-corrected chi connectivity index (χ3v) is 2.62. The first kappa shape index (κ1) is 10.1. The topological polar surface area (TPSA) is 38.9 Å². The van der Waals surface area contributed by atoms with Crippen LogP contribution in [0.2, 0.25) is 0 Å². The van der Waals surface area contributed by atoms with Crippen LogP contribution in [-0.4, -0.2) is 11.5 Å². The Hall–Kier alpha value is -1.41. The van der Waals surface area contributed by atoms with Gasteiger partial charge in [0.25, 0.3) is 0 Å². The van der Waals surface area contributed by atoms with Crippen LogP contribution in [-0.2, 0) is 6.42 Å². The summed E-state index contributed by atoms with van der Waals surface area (Å²) in [7, 11) is 0. The lowest BCUT2D eigenvalue weighted by Gasteiger charge is -2.08. The van der Waals surface area contributed by atoms with Crippen LogP contribution in [0.15, 0.2) is 36.4 Å². The van der Waals surface area contributed by atoms with E-state index in [0.29, 0.717) is 12.5 Å². The van der Waals surface area contributed by atoms with Crippen molar-refractivity contribution in [1.29, 1.82) is 0 Å². The van der Waals surface area contributed by atoms with E-state index in [0.717, 1.165) is 17.6 Å². The van der Waals surface area contributed by atoms with Gasteiger partial charge < -0.3 is 5.73 Å². The van der Waals surface area contributed by atoms with Gasteiger partial charge in [0.2, 0.25) is 0 Å². The summed E-state index contributed by atoms with van der Waals surface area (Å²) >= 11 is 0. The highest BCUT2D eigenvalue weighted by atomic mass is 14.7. The summed E-state index contributed by atoms with van der Waals surface area (Å²) in [4.78, 5) is 4.61. The molecule has 2 heteroatoms. The molecule has 0 bridgehead atoms. The molecule has 0 aliphatic heterocycles. The summed E-state index contributed by atoms with van der Waals surface area (Å²) in [6.07, 6.45) is 0.960. The second kappa shape index (κ2) is 4.41. The molecule has 0 spiro atoms. The SMILES string of the molecule is C[C@@H](CN)Cc1ccc2ccccc2n1. The molecule has 0 aliphatic carbocycles. The lowest BCUT2D eigenvalue weighted by Crippen LogP contribution is -2.13. The summed E-state index contributed by atoms with van der Waals surface area (Å²) in [5, 5.41) is 1.20. The van der Waals surface area contributed by atoms with E-state index >= 15 is 0 Å². The molecule has 0 fully saturated rings. The zero-order valence-electron chi connectivity index (χ0n) is 8.98. The van der Waals surface area contributed by atoms with E-state index in [2.05, 4.69) is 30.1 Å². The van der Waals surface area contributed by atoms with Crippen LogP contribution in [0, 0.1) is 5.92 Å². The van der Waals surface area contributed by atoms with Gasteiger partial charge >= 0.3 is 0 Å². The van der Waals surface area contributed by atoms with Gasteiger partial charge in [-0.2, -0.15) is 0 Å². The van der Waals surface area contributed by atoms with Crippen molar-refractivity contribution >= 4 is 10.9 Å². The minimum absolute atomic E-state index is 0.499. The van der Waals surface area contributed by atoms with Crippen LogP contribution < -0.4 is 5.73 Å². The Balaban J connectivity index is 2.30. The van der Waals surface area contributed by atoms with E-state index in [1.165, 1.54) is 5.39 Å². The highest BCUT2D eigenvalue weighted by Crippen LogP contribution is 2.13. The normalized spacial score (nSPS) is 12.9. The molecule has 1 atom stereocenters. The zero-order valence-corrected chi connectivity index (χ0v) is 8.98. The minimum atomic E-state index is 0.499. The van der Waals surface area contributed by atoms with E-state index < -0.39 is 0 Å². The maximum atomic E-state index is 5.60. The number of fused-ring (bicyclic) bond motifs is 1. The van der Waals surface area contributed by atoms with Crippen LogP contribution >= 0.6 is 0 Å². The smallest absolute Gasteiger partial charge is 0.0705 e. The molecular weight excluding hydrogens is 184 g/mol. The van der Waals surface area contributed by atoms with Gasteiger partial charge in [-0.25, -0.2) is 0 Å². The summed E-state index contributed by atoms with van der Waals surface area (Å²) in [5.74, 6) is 0.499. The number of nitrogens with two attached hydrogens (primary N) is 1. The Kier molecular flexibility index (Phi) is 2.97. The fourth-order valence-corrected chi connectivity index (χ4v) is 1.66. The molecule has 0 saturated heterocycles. The van der Waals surface area contributed by atoms with Crippen LogP contribution in [0.4, 0.5) is 0 Å². The monoisotopic (exact) mass is 200 g/mol. The van der Waals surface area contributed by atoms with Gasteiger partial charge in [0.15, 0.2) is 0 Å². The molecule has 0 amide bonds. The van der Waals surface area contributed by atoms with Crippen molar-refractivity contribution in [2.75, 3.05) is 6.54 Å². The molecule has 2 nitrogen and oxygen atoms in total. The van der Waals surface area contributed by atoms with E-state index in [1.807, 2.05) is 18.2 Å². The first-order valence-electron chi connectivity index (χ1n) is 5.34. The van der Waals surface area contributed by atoms with Crippen molar-refractivity contribution in [1.82, 2.24) is 4.98 Å². The average molecular weight is 200 g/mol. The predicted molar refractivity (Wildman–Crippen MR) is 63.7 cm³/mol. The predicted octanol–water partition coefficient (Wildman–Crippen LogP) is 2.37. The number of nitrogens with zero attached hydrogens (tertiary/aromatic N) is 1. The van der Waals surface area contributed by atoms with Gasteiger partial charge in [-0.15, -0.1) is 0 Å². The number of pyridine rings is 1. The molecular formula is C13H16N2. The Morgan fingerprint density at radius 2 is 2.00 bits per heavy atom. The van der Waals surface area contributed by atoms with E-state index in [9.17, 15) is 0 Å². The van der Waals surface area contributed by atoms with Crippen LogP contribution in [0.3, 0.4) is 0 Å². The maximum absolute atomic E-state index is 5.60. The molecule has 0 radical (unpaired) electrons. The van der Waals surface area contributed by atoms with E-state index in [1.54, 1.807) is 0 Å². The van der Waals surface area contributed by atoms with Crippen molar-refractivity contribution < 1.29 is 0 Å². The first-order valence-corrected chi connectivity index (χ1v) is 5.34. The second-order valence-electron chi connectivity index (χ2n) is 4.04. The maximum Gasteiger partial charge on any atom is 0.0705 e. The number of hydrogen-bond acceptors (Lipinski definition) is 2. The van der Waals surface area contributed by atoms with Crippen LogP contribution in [0.5, 0.6) is 0 Å². The molecule has 1 aromatic carbocycles. The highest BCUT2D eigenvalue weighted by molar-refractivity contribution is 5.78. The Morgan fingerprint density at radius 3 is 2.80 bits per heavy atom. The Bertz CT molecular complexity index is 451. The van der Waals surface area contributed by atoms with Crippen molar-refractivity contribution in [3.8, 4) is 0 Å². The standard InChI is InChI=1S/C13H16N2/c1-10(9-14)8-12-7-6-11-4-2-3-5-13(11)15-12/h2-7,10H,8-9,14H2,1H3/t10-/m1/s1. The fraction of sp³-hybridized carbons (Fsp3) is 0.308. The first-order chi connectivity index (χ1) is 7.29. The summed E-state index contributed by atoms with van der Waals surface area (Å²) < 4.78 is 0. The summed E-state index contributed by atoms with van der Waals surface area (Å²) in [6, 6.07) is 12.4. The molecule has 15 heavy (non-hydrogen) atoms. The zero-order chi connectivity index (χ0) is 10.7. The number of hydrogen-bond donors (Lipinski definition) is 1. The van der Waals surface area contributed by atoms with E-state index in [4.69, 9.17) is 5.73 Å². The lowest BCUT2D eigenvalue weighted by molar-refractivity contribution is 0.585. The van der Waals surface area contributed by atoms with Gasteiger partial charge in [0.05, 0.1) is 5.52 Å². The molecule has 0 saturated carbocycles.